The number of benzene rings is 2. The standard InChI is InChI=1S/C30H35F3N6O3/c1-19-5-6-20(12-27(19)39(35)17-25(34)21-7-8-24(41-2)15-36-14-21)29(40)37-26-13-23(30(32,33)18-31)11-22(28(26)42-3)16-38-9-4-10-38/h5-6,8,11-15,17H,4,7,9-10,16,18,34-35H2,1-3H3,(H,37,40)/b25-17-. The van der Waals surface area contributed by atoms with E-state index in [0.29, 0.717) is 41.2 Å². The maximum absolute atomic E-state index is 14.5. The Morgan fingerprint density at radius 2 is 1.98 bits per heavy atom. The lowest BCUT2D eigenvalue weighted by atomic mass is 10.0. The number of allylic oxidation sites excluding steroid dienone is 3. The van der Waals surface area contributed by atoms with Crippen molar-refractivity contribution in [2.45, 2.75) is 32.2 Å². The Morgan fingerprint density at radius 3 is 2.62 bits per heavy atom. The highest BCUT2D eigenvalue weighted by Gasteiger charge is 2.34. The molecule has 0 spiro atoms. The van der Waals surface area contributed by atoms with Gasteiger partial charge < -0.3 is 20.5 Å². The van der Waals surface area contributed by atoms with Gasteiger partial charge in [0.1, 0.15) is 11.5 Å². The minimum Gasteiger partial charge on any atom is -0.495 e. The van der Waals surface area contributed by atoms with Gasteiger partial charge >= 0.3 is 5.92 Å². The lowest BCUT2D eigenvalue weighted by Crippen LogP contribution is -2.36. The van der Waals surface area contributed by atoms with E-state index >= 15 is 0 Å². The van der Waals surface area contributed by atoms with Gasteiger partial charge in [-0.25, -0.2) is 10.2 Å². The van der Waals surface area contributed by atoms with E-state index in [0.717, 1.165) is 31.1 Å². The molecular formula is C30H35F3N6O3. The van der Waals surface area contributed by atoms with Crippen LogP contribution in [0, 0.1) is 6.92 Å². The lowest BCUT2D eigenvalue weighted by molar-refractivity contribution is -0.0281. The van der Waals surface area contributed by atoms with Gasteiger partial charge in [-0.2, -0.15) is 8.78 Å². The van der Waals surface area contributed by atoms with E-state index in [-0.39, 0.29) is 17.0 Å². The highest BCUT2D eigenvalue weighted by Crippen LogP contribution is 2.39. The van der Waals surface area contributed by atoms with E-state index in [9.17, 15) is 18.0 Å². The number of amides is 1. The highest BCUT2D eigenvalue weighted by molar-refractivity contribution is 6.06. The molecular weight excluding hydrogens is 549 g/mol. The predicted molar refractivity (Wildman–Crippen MR) is 157 cm³/mol. The Balaban J connectivity index is 1.61. The van der Waals surface area contributed by atoms with Crippen LogP contribution in [0.1, 0.15) is 39.9 Å². The monoisotopic (exact) mass is 584 g/mol. The first-order valence-electron chi connectivity index (χ1n) is 13.3. The molecule has 224 valence electrons. The van der Waals surface area contributed by atoms with Crippen LogP contribution < -0.4 is 26.6 Å². The van der Waals surface area contributed by atoms with Gasteiger partial charge in [0.15, 0.2) is 6.67 Å². The van der Waals surface area contributed by atoms with Crippen LogP contribution in [0.2, 0.25) is 0 Å². The molecule has 42 heavy (non-hydrogen) atoms. The van der Waals surface area contributed by atoms with Crippen molar-refractivity contribution in [3.8, 4) is 5.75 Å². The summed E-state index contributed by atoms with van der Waals surface area (Å²) in [6.07, 6.45) is 8.01. The molecule has 9 nitrogen and oxygen atoms in total. The zero-order valence-corrected chi connectivity index (χ0v) is 23.8. The third-order valence-electron chi connectivity index (χ3n) is 7.14. The van der Waals surface area contributed by atoms with E-state index in [2.05, 4.69) is 10.3 Å². The van der Waals surface area contributed by atoms with E-state index in [1.807, 2.05) is 17.9 Å². The summed E-state index contributed by atoms with van der Waals surface area (Å²) < 4.78 is 52.9. The van der Waals surface area contributed by atoms with Crippen LogP contribution in [0.3, 0.4) is 0 Å². The second kappa shape index (κ2) is 13.1. The van der Waals surface area contributed by atoms with Gasteiger partial charge in [-0.3, -0.25) is 19.7 Å². The SMILES string of the molecule is COC1=CCC(/C(N)=C/N(N)c2cc(C(=O)Nc3cc(C(F)(F)CF)cc(CN4CCC4)c3OC)ccc2C)=CN=C1. The largest absolute Gasteiger partial charge is 0.495 e. The molecule has 0 aromatic heterocycles. The van der Waals surface area contributed by atoms with Crippen LogP contribution in [0.4, 0.5) is 24.5 Å². The summed E-state index contributed by atoms with van der Waals surface area (Å²) in [6, 6.07) is 7.14. The quantitative estimate of drug-likeness (QED) is 0.254. The summed E-state index contributed by atoms with van der Waals surface area (Å²) in [5.74, 6) is 2.86. The van der Waals surface area contributed by atoms with E-state index in [1.165, 1.54) is 24.4 Å². The number of carbonyl (C=O) groups is 1. The molecule has 0 saturated carbocycles. The van der Waals surface area contributed by atoms with Crippen LogP contribution in [0.25, 0.3) is 0 Å². The van der Waals surface area contributed by atoms with Gasteiger partial charge in [-0.15, -0.1) is 0 Å². The first-order valence-corrected chi connectivity index (χ1v) is 13.3. The number of carbonyl (C=O) groups excluding carboxylic acids is 1. The fourth-order valence-corrected chi connectivity index (χ4v) is 4.58. The first-order chi connectivity index (χ1) is 20.1. The van der Waals surface area contributed by atoms with Crippen molar-refractivity contribution in [3.63, 3.8) is 0 Å². The summed E-state index contributed by atoms with van der Waals surface area (Å²) in [6.45, 7) is 1.90. The third-order valence-corrected chi connectivity index (χ3v) is 7.14. The molecule has 2 heterocycles. The summed E-state index contributed by atoms with van der Waals surface area (Å²) >= 11 is 0. The number of nitrogens with zero attached hydrogens (tertiary/aromatic N) is 3. The molecule has 2 aliphatic heterocycles. The second-order valence-corrected chi connectivity index (χ2v) is 10.1. The predicted octanol–water partition coefficient (Wildman–Crippen LogP) is 4.89. The van der Waals surface area contributed by atoms with Crippen molar-refractivity contribution in [1.82, 2.24) is 4.90 Å². The molecule has 0 bridgehead atoms. The van der Waals surface area contributed by atoms with Crippen molar-refractivity contribution in [3.05, 3.63) is 88.1 Å². The minimum atomic E-state index is -3.72. The van der Waals surface area contributed by atoms with Crippen LogP contribution in [0.5, 0.6) is 5.75 Å². The number of hydrazine groups is 1. The van der Waals surface area contributed by atoms with Crippen LogP contribution in [0.15, 0.2) is 70.8 Å². The molecule has 0 unspecified atom stereocenters. The number of nitrogens with one attached hydrogen (secondary N) is 1. The highest BCUT2D eigenvalue weighted by atomic mass is 19.3. The molecule has 1 saturated heterocycles. The summed E-state index contributed by atoms with van der Waals surface area (Å²) in [7, 11) is 2.94. The minimum absolute atomic E-state index is 0.0175. The van der Waals surface area contributed by atoms with Gasteiger partial charge in [0.25, 0.3) is 5.91 Å². The molecule has 2 aromatic carbocycles. The number of rotatable bonds is 11. The van der Waals surface area contributed by atoms with E-state index in [1.54, 1.807) is 37.7 Å². The molecule has 0 aliphatic carbocycles. The molecule has 4 rings (SSSR count). The number of aryl methyl sites for hydroxylation is 1. The molecule has 2 aliphatic rings. The van der Waals surface area contributed by atoms with Crippen LogP contribution in [-0.2, 0) is 17.2 Å². The summed E-state index contributed by atoms with van der Waals surface area (Å²) in [5, 5.41) is 3.98. The molecule has 2 aromatic rings. The maximum Gasteiger partial charge on any atom is 0.301 e. The van der Waals surface area contributed by atoms with Crippen LogP contribution >= 0.6 is 0 Å². The maximum atomic E-state index is 14.5. The number of aliphatic imine (C=N–C) groups is 1. The molecule has 5 N–H and O–H groups in total. The Kier molecular flexibility index (Phi) is 9.59. The van der Waals surface area contributed by atoms with Gasteiger partial charge in [0, 0.05) is 35.6 Å². The number of ether oxygens (including phenoxy) is 2. The molecule has 12 heteroatoms. The number of hydrogen-bond donors (Lipinski definition) is 3. The summed E-state index contributed by atoms with van der Waals surface area (Å²) in [5.41, 5.74) is 8.72. The Morgan fingerprint density at radius 1 is 1.21 bits per heavy atom. The second-order valence-electron chi connectivity index (χ2n) is 10.1. The lowest BCUT2D eigenvalue weighted by Gasteiger charge is -2.32. The molecule has 0 radical (unpaired) electrons. The third kappa shape index (κ3) is 6.94. The van der Waals surface area contributed by atoms with Crippen molar-refractivity contribution < 1.29 is 27.4 Å². The first kappa shape index (κ1) is 30.7. The number of likely N-dealkylation sites (tertiary alicyclic amines) is 1. The number of anilines is 2. The van der Waals surface area contributed by atoms with Crippen molar-refractivity contribution in [1.29, 1.82) is 0 Å². The topological polar surface area (TPSA) is 118 Å². The molecule has 1 amide bonds. The van der Waals surface area contributed by atoms with Crippen molar-refractivity contribution in [2.24, 2.45) is 16.6 Å². The van der Waals surface area contributed by atoms with Crippen molar-refractivity contribution in [2.75, 3.05) is 44.3 Å². The Hall–Kier alpha value is -4.29. The van der Waals surface area contributed by atoms with Crippen LogP contribution in [-0.4, -0.2) is 51.0 Å². The average Bonchev–Trinajstić information content (AvgIpc) is 3.21. The Bertz CT molecular complexity index is 1450. The van der Waals surface area contributed by atoms with Crippen molar-refractivity contribution >= 4 is 23.5 Å². The summed E-state index contributed by atoms with van der Waals surface area (Å²) in [4.78, 5) is 19.6. The van der Waals surface area contributed by atoms with Gasteiger partial charge in [0.2, 0.25) is 0 Å². The number of alkyl halides is 3. The zero-order valence-electron chi connectivity index (χ0n) is 23.8. The van der Waals surface area contributed by atoms with Gasteiger partial charge in [-0.1, -0.05) is 6.07 Å². The average molecular weight is 585 g/mol. The molecule has 1 fully saturated rings. The number of halogens is 3. The Labute approximate surface area is 242 Å². The number of hydrogen-bond acceptors (Lipinski definition) is 8. The number of methoxy groups -OCH3 is 2. The fraction of sp³-hybridized carbons (Fsp3) is 0.333. The normalized spacial score (nSPS) is 15.7. The van der Waals surface area contributed by atoms with Gasteiger partial charge in [-0.05, 0) is 74.3 Å². The van der Waals surface area contributed by atoms with E-state index in [4.69, 9.17) is 21.1 Å². The van der Waals surface area contributed by atoms with Gasteiger partial charge in [0.05, 0.1) is 37.5 Å². The fourth-order valence-electron chi connectivity index (χ4n) is 4.58. The number of nitrogens with two attached hydrogens (primary N) is 2. The zero-order chi connectivity index (χ0) is 30.4. The smallest absolute Gasteiger partial charge is 0.301 e. The molecule has 0 atom stereocenters. The van der Waals surface area contributed by atoms with E-state index < -0.39 is 24.1 Å².